The molecule has 2 nitrogen and oxygen atoms in total. The molecule has 0 aliphatic heterocycles. The first-order chi connectivity index (χ1) is 9.30. The molecule has 0 saturated heterocycles. The topological polar surface area (TPSA) is 46.2 Å². The van der Waals surface area contributed by atoms with Crippen LogP contribution in [0, 0.1) is 17.8 Å². The van der Waals surface area contributed by atoms with Crippen LogP contribution in [0.4, 0.5) is 0 Å². The van der Waals surface area contributed by atoms with E-state index in [4.69, 9.17) is 17.3 Å². The van der Waals surface area contributed by atoms with Crippen LogP contribution in [0.5, 0.6) is 0 Å². The molecule has 2 rings (SSSR count). The van der Waals surface area contributed by atoms with E-state index in [9.17, 15) is 5.11 Å². The summed E-state index contributed by atoms with van der Waals surface area (Å²) in [6.07, 6.45) is 3.71. The Morgan fingerprint density at radius 2 is 1.85 bits per heavy atom. The van der Waals surface area contributed by atoms with Gasteiger partial charge in [-0.05, 0) is 61.3 Å². The van der Waals surface area contributed by atoms with Crippen LogP contribution in [0.3, 0.4) is 0 Å². The van der Waals surface area contributed by atoms with Gasteiger partial charge in [0.1, 0.15) is 0 Å². The van der Waals surface area contributed by atoms with Crippen molar-refractivity contribution in [2.75, 3.05) is 6.54 Å². The third kappa shape index (κ3) is 3.03. The second-order valence-corrected chi connectivity index (χ2v) is 7.57. The van der Waals surface area contributed by atoms with Gasteiger partial charge in [0, 0.05) is 17.0 Å². The minimum atomic E-state index is -0.499. The summed E-state index contributed by atoms with van der Waals surface area (Å²) < 4.78 is 0. The van der Waals surface area contributed by atoms with Crippen molar-refractivity contribution in [3.8, 4) is 0 Å². The van der Waals surface area contributed by atoms with E-state index >= 15 is 0 Å². The SMILES string of the molecule is Cc1cc(Cl)ccc1C(O)C1(CN)CCC(C)(C)CC1. The number of nitrogens with two attached hydrogens (primary N) is 1. The summed E-state index contributed by atoms with van der Waals surface area (Å²) in [5.74, 6) is 0. The largest absolute Gasteiger partial charge is 0.388 e. The number of halogens is 1. The Morgan fingerprint density at radius 1 is 1.25 bits per heavy atom. The first-order valence-electron chi connectivity index (χ1n) is 7.44. The maximum absolute atomic E-state index is 10.9. The number of aliphatic hydroxyl groups is 1. The van der Waals surface area contributed by atoms with Crippen LogP contribution in [0.2, 0.25) is 5.02 Å². The van der Waals surface area contributed by atoms with Crippen molar-refractivity contribution in [2.24, 2.45) is 16.6 Å². The Bertz CT molecular complexity index is 474. The summed E-state index contributed by atoms with van der Waals surface area (Å²) in [7, 11) is 0. The first kappa shape index (κ1) is 15.8. The van der Waals surface area contributed by atoms with Gasteiger partial charge >= 0.3 is 0 Å². The number of hydrogen-bond acceptors (Lipinski definition) is 2. The van der Waals surface area contributed by atoms with E-state index in [-0.39, 0.29) is 5.41 Å². The quantitative estimate of drug-likeness (QED) is 0.876. The molecule has 0 radical (unpaired) electrons. The highest BCUT2D eigenvalue weighted by Gasteiger charge is 2.43. The monoisotopic (exact) mass is 295 g/mol. The molecule has 0 amide bonds. The van der Waals surface area contributed by atoms with Crippen LogP contribution in [-0.2, 0) is 0 Å². The fraction of sp³-hybridized carbons (Fsp3) is 0.647. The second-order valence-electron chi connectivity index (χ2n) is 7.13. The van der Waals surface area contributed by atoms with E-state index in [2.05, 4.69) is 13.8 Å². The zero-order valence-electron chi connectivity index (χ0n) is 12.7. The molecule has 3 heteroatoms. The maximum Gasteiger partial charge on any atom is 0.0860 e. The Labute approximate surface area is 127 Å². The van der Waals surface area contributed by atoms with Crippen molar-refractivity contribution in [1.29, 1.82) is 0 Å². The predicted molar refractivity (Wildman–Crippen MR) is 84.9 cm³/mol. The van der Waals surface area contributed by atoms with Crippen molar-refractivity contribution in [3.63, 3.8) is 0 Å². The molecule has 1 aliphatic carbocycles. The molecule has 1 saturated carbocycles. The lowest BCUT2D eigenvalue weighted by atomic mass is 9.61. The maximum atomic E-state index is 10.9. The molecular formula is C17H26ClNO. The zero-order valence-corrected chi connectivity index (χ0v) is 13.5. The number of rotatable bonds is 3. The van der Waals surface area contributed by atoms with Crippen LogP contribution >= 0.6 is 11.6 Å². The third-order valence-electron chi connectivity index (χ3n) is 5.11. The summed E-state index contributed by atoms with van der Waals surface area (Å²) >= 11 is 6.01. The summed E-state index contributed by atoms with van der Waals surface area (Å²) in [4.78, 5) is 0. The highest BCUT2D eigenvalue weighted by atomic mass is 35.5. The fourth-order valence-corrected chi connectivity index (χ4v) is 3.52. The average molecular weight is 296 g/mol. The van der Waals surface area contributed by atoms with Gasteiger partial charge < -0.3 is 10.8 Å². The van der Waals surface area contributed by atoms with Gasteiger partial charge in [-0.1, -0.05) is 31.5 Å². The molecule has 0 heterocycles. The third-order valence-corrected chi connectivity index (χ3v) is 5.35. The van der Waals surface area contributed by atoms with Crippen LogP contribution in [0.15, 0.2) is 18.2 Å². The first-order valence-corrected chi connectivity index (χ1v) is 7.82. The summed E-state index contributed by atoms with van der Waals surface area (Å²) in [5.41, 5.74) is 8.26. The smallest absolute Gasteiger partial charge is 0.0860 e. The summed E-state index contributed by atoms with van der Waals surface area (Å²) in [5, 5.41) is 11.6. The molecule has 1 aromatic rings. The van der Waals surface area contributed by atoms with Gasteiger partial charge in [0.25, 0.3) is 0 Å². The van der Waals surface area contributed by atoms with Gasteiger partial charge in [0.15, 0.2) is 0 Å². The lowest BCUT2D eigenvalue weighted by Crippen LogP contribution is -2.42. The molecule has 112 valence electrons. The average Bonchev–Trinajstić information content (AvgIpc) is 2.39. The van der Waals surface area contributed by atoms with E-state index in [1.54, 1.807) is 0 Å². The van der Waals surface area contributed by atoms with Gasteiger partial charge in [0.05, 0.1) is 6.10 Å². The van der Waals surface area contributed by atoms with E-state index in [0.29, 0.717) is 17.0 Å². The van der Waals surface area contributed by atoms with Gasteiger partial charge in [-0.25, -0.2) is 0 Å². The molecular weight excluding hydrogens is 270 g/mol. The van der Waals surface area contributed by atoms with Crippen molar-refractivity contribution >= 4 is 11.6 Å². The van der Waals surface area contributed by atoms with Crippen molar-refractivity contribution in [2.45, 2.75) is 52.6 Å². The Hall–Kier alpha value is -0.570. The van der Waals surface area contributed by atoms with E-state index < -0.39 is 6.10 Å². The number of aryl methyl sites for hydroxylation is 1. The molecule has 3 N–H and O–H groups in total. The molecule has 1 atom stereocenters. The van der Waals surface area contributed by atoms with Crippen LogP contribution in [0.25, 0.3) is 0 Å². The molecule has 0 aromatic heterocycles. The highest BCUT2D eigenvalue weighted by Crippen LogP contribution is 2.51. The lowest BCUT2D eigenvalue weighted by Gasteiger charge is -2.46. The predicted octanol–water partition coefficient (Wildman–Crippen LogP) is 4.23. The molecule has 1 fully saturated rings. The molecule has 1 aliphatic rings. The Morgan fingerprint density at radius 3 is 2.35 bits per heavy atom. The van der Waals surface area contributed by atoms with Crippen molar-refractivity contribution in [3.05, 3.63) is 34.3 Å². The fourth-order valence-electron chi connectivity index (χ4n) is 3.29. The second kappa shape index (κ2) is 5.67. The Kier molecular flexibility index (Phi) is 4.48. The van der Waals surface area contributed by atoms with Crippen LogP contribution in [-0.4, -0.2) is 11.7 Å². The normalized spacial score (nSPS) is 22.5. The standard InChI is InChI=1S/C17H26ClNO/c1-12-10-13(18)4-5-14(12)15(20)17(11-19)8-6-16(2,3)7-9-17/h4-5,10,15,20H,6-9,11,19H2,1-3H3. The van der Waals surface area contributed by atoms with E-state index in [1.807, 2.05) is 25.1 Å². The van der Waals surface area contributed by atoms with Gasteiger partial charge in [-0.2, -0.15) is 0 Å². The molecule has 0 bridgehead atoms. The van der Waals surface area contributed by atoms with Crippen molar-refractivity contribution < 1.29 is 5.11 Å². The zero-order chi connectivity index (χ0) is 15.0. The van der Waals surface area contributed by atoms with Crippen LogP contribution in [0.1, 0.15) is 56.8 Å². The highest BCUT2D eigenvalue weighted by molar-refractivity contribution is 6.30. The van der Waals surface area contributed by atoms with E-state index in [1.165, 1.54) is 0 Å². The van der Waals surface area contributed by atoms with Crippen LogP contribution < -0.4 is 5.73 Å². The molecule has 0 spiro atoms. The van der Waals surface area contributed by atoms with Gasteiger partial charge in [-0.3, -0.25) is 0 Å². The molecule has 1 unspecified atom stereocenters. The van der Waals surface area contributed by atoms with Gasteiger partial charge in [-0.15, -0.1) is 0 Å². The van der Waals surface area contributed by atoms with Crippen molar-refractivity contribution in [1.82, 2.24) is 0 Å². The number of aliphatic hydroxyl groups excluding tert-OH is 1. The minimum Gasteiger partial charge on any atom is -0.388 e. The summed E-state index contributed by atoms with van der Waals surface area (Å²) in [6.45, 7) is 7.13. The lowest BCUT2D eigenvalue weighted by molar-refractivity contribution is -0.0238. The minimum absolute atomic E-state index is 0.186. The van der Waals surface area contributed by atoms with Gasteiger partial charge in [0.2, 0.25) is 0 Å². The van der Waals surface area contributed by atoms with E-state index in [0.717, 1.165) is 36.8 Å². The molecule has 1 aromatic carbocycles. The summed E-state index contributed by atoms with van der Waals surface area (Å²) in [6, 6.07) is 5.71. The Balaban J connectivity index is 2.27. The molecule has 20 heavy (non-hydrogen) atoms. The number of hydrogen-bond donors (Lipinski definition) is 2. The number of benzene rings is 1.